The van der Waals surface area contributed by atoms with Crippen LogP contribution in [0.2, 0.25) is 0 Å². The number of nitrogens with zero attached hydrogens (tertiary/aromatic N) is 2. The maximum absolute atomic E-state index is 11.2. The Morgan fingerprint density at radius 2 is 2.14 bits per heavy atom. The highest BCUT2D eigenvalue weighted by Gasteiger charge is 2.22. The van der Waals surface area contributed by atoms with Gasteiger partial charge in [-0.2, -0.15) is 0 Å². The number of aryl methyl sites for hydroxylation is 1. The van der Waals surface area contributed by atoms with E-state index in [1.54, 1.807) is 11.3 Å². The van der Waals surface area contributed by atoms with Crippen LogP contribution in [-0.2, 0) is 6.42 Å². The molecule has 0 amide bonds. The van der Waals surface area contributed by atoms with Crippen molar-refractivity contribution in [1.82, 2.24) is 4.90 Å². The number of likely N-dealkylation sites (tertiary alicyclic amines) is 1. The van der Waals surface area contributed by atoms with E-state index >= 15 is 0 Å². The Balaban J connectivity index is 1.57. The second-order valence-corrected chi connectivity index (χ2v) is 8.13. The number of hydrogen-bond acceptors (Lipinski definition) is 4. The van der Waals surface area contributed by atoms with Gasteiger partial charge >= 0.3 is 0 Å². The third-order valence-corrected chi connectivity index (χ3v) is 6.45. The number of rotatable bonds is 7. The number of carbonyl (C=O) groups excluding carboxylic acids is 1. The summed E-state index contributed by atoms with van der Waals surface area (Å²) in [6.07, 6.45) is 6.02. The summed E-state index contributed by atoms with van der Waals surface area (Å²) in [5, 5.41) is 5.53. The summed E-state index contributed by atoms with van der Waals surface area (Å²) < 4.78 is 0. The first-order valence-corrected chi connectivity index (χ1v) is 10.8. The van der Waals surface area contributed by atoms with Crippen molar-refractivity contribution < 1.29 is 4.79 Å². The highest BCUT2D eigenvalue weighted by Crippen LogP contribution is 2.29. The van der Waals surface area contributed by atoms with Crippen molar-refractivity contribution in [3.8, 4) is 0 Å². The van der Waals surface area contributed by atoms with Gasteiger partial charge in [0.05, 0.1) is 12.2 Å². The lowest BCUT2D eigenvalue weighted by atomic mass is 9.87. The van der Waals surface area contributed by atoms with Gasteiger partial charge in [0.15, 0.2) is 0 Å². The highest BCUT2D eigenvalue weighted by molar-refractivity contribution is 7.11. The molecule has 0 bridgehead atoms. The largest absolute Gasteiger partial charge is 0.342 e. The van der Waals surface area contributed by atoms with Crippen molar-refractivity contribution in [1.29, 1.82) is 0 Å². The van der Waals surface area contributed by atoms with E-state index < -0.39 is 0 Å². The van der Waals surface area contributed by atoms with Gasteiger partial charge in [-0.05, 0) is 60.8 Å². The van der Waals surface area contributed by atoms with Crippen molar-refractivity contribution in [2.24, 2.45) is 4.99 Å². The summed E-state index contributed by atoms with van der Waals surface area (Å²) in [5.41, 5.74) is 4.44. The summed E-state index contributed by atoms with van der Waals surface area (Å²) in [7, 11) is 1.84. The number of anilines is 1. The molecule has 1 aliphatic heterocycles. The molecule has 1 N–H and O–H groups in total. The predicted molar refractivity (Wildman–Crippen MR) is 121 cm³/mol. The lowest BCUT2D eigenvalue weighted by molar-refractivity contribution is 0.112. The van der Waals surface area contributed by atoms with Gasteiger partial charge in [-0.3, -0.25) is 14.7 Å². The van der Waals surface area contributed by atoms with Gasteiger partial charge in [0.25, 0.3) is 0 Å². The number of piperidine rings is 1. The quantitative estimate of drug-likeness (QED) is 0.404. The van der Waals surface area contributed by atoms with Crippen molar-refractivity contribution in [2.75, 3.05) is 32.0 Å². The monoisotopic (exact) mass is 395 g/mol. The van der Waals surface area contributed by atoms with E-state index in [0.29, 0.717) is 5.92 Å². The van der Waals surface area contributed by atoms with E-state index in [2.05, 4.69) is 52.3 Å². The Hall–Kier alpha value is -2.24. The van der Waals surface area contributed by atoms with Crippen molar-refractivity contribution >= 4 is 35.2 Å². The summed E-state index contributed by atoms with van der Waals surface area (Å²) in [5.74, 6) is 1.56. The first kappa shape index (κ1) is 20.5. The molecule has 4 nitrogen and oxygen atoms in total. The summed E-state index contributed by atoms with van der Waals surface area (Å²) in [6.45, 7) is 8.93. The van der Waals surface area contributed by atoms with Gasteiger partial charge < -0.3 is 5.32 Å². The van der Waals surface area contributed by atoms with Crippen molar-refractivity contribution in [3.63, 3.8) is 0 Å². The molecule has 0 aliphatic carbocycles. The molecular formula is C23H29N3OS. The molecule has 0 spiro atoms. The number of aldehydes is 1. The van der Waals surface area contributed by atoms with Gasteiger partial charge in [-0.1, -0.05) is 37.8 Å². The van der Waals surface area contributed by atoms with E-state index in [1.165, 1.54) is 5.56 Å². The zero-order valence-corrected chi connectivity index (χ0v) is 17.6. The van der Waals surface area contributed by atoms with E-state index in [-0.39, 0.29) is 0 Å². The number of hydrogen-bond donors (Lipinski definition) is 1. The molecule has 1 aliphatic rings. The molecule has 2 aromatic rings. The zero-order chi connectivity index (χ0) is 19.9. The molecule has 148 valence electrons. The molecule has 1 aromatic heterocycles. The smallest absolute Gasteiger partial charge is 0.150 e. The first-order chi connectivity index (χ1) is 13.7. The van der Waals surface area contributed by atoms with Crippen LogP contribution in [-0.4, -0.2) is 43.7 Å². The molecule has 0 saturated carbocycles. The number of thiophene rings is 1. The lowest BCUT2D eigenvalue weighted by Gasteiger charge is -2.32. The van der Waals surface area contributed by atoms with Crippen molar-refractivity contribution in [2.45, 2.75) is 32.1 Å². The van der Waals surface area contributed by atoms with Crippen LogP contribution in [0.1, 0.15) is 52.0 Å². The van der Waals surface area contributed by atoms with Gasteiger partial charge in [-0.25, -0.2) is 0 Å². The lowest BCUT2D eigenvalue weighted by Crippen LogP contribution is -2.38. The van der Waals surface area contributed by atoms with E-state index in [0.717, 1.165) is 72.7 Å². The third kappa shape index (κ3) is 4.78. The Morgan fingerprint density at radius 3 is 2.79 bits per heavy atom. The minimum absolute atomic E-state index is 0.571. The molecule has 28 heavy (non-hydrogen) atoms. The van der Waals surface area contributed by atoms with Gasteiger partial charge in [0, 0.05) is 17.5 Å². The third-order valence-electron chi connectivity index (χ3n) is 5.54. The first-order valence-electron chi connectivity index (χ1n) is 9.91. The molecule has 0 atom stereocenters. The maximum atomic E-state index is 11.2. The molecular weight excluding hydrogens is 366 g/mol. The Kier molecular flexibility index (Phi) is 7.18. The predicted octanol–water partition coefficient (Wildman–Crippen LogP) is 5.09. The summed E-state index contributed by atoms with van der Waals surface area (Å²) in [4.78, 5) is 19.2. The maximum Gasteiger partial charge on any atom is 0.150 e. The number of amidine groups is 1. The fourth-order valence-electron chi connectivity index (χ4n) is 3.84. The number of carbonyl (C=O) groups is 1. The zero-order valence-electron chi connectivity index (χ0n) is 16.8. The Morgan fingerprint density at radius 1 is 1.36 bits per heavy atom. The van der Waals surface area contributed by atoms with E-state index in [4.69, 9.17) is 0 Å². The average Bonchev–Trinajstić information content (AvgIpc) is 3.20. The fourth-order valence-corrected chi connectivity index (χ4v) is 4.53. The number of benzene rings is 1. The van der Waals surface area contributed by atoms with Crippen LogP contribution in [0.3, 0.4) is 0 Å². The SMILES string of the molecule is C=Cc1sccc1NC(CN1CCC(c2ccc(C=O)c(CC)c2)CC1)=NC. The molecule has 1 aromatic carbocycles. The minimum Gasteiger partial charge on any atom is -0.342 e. The molecule has 0 radical (unpaired) electrons. The van der Waals surface area contributed by atoms with Crippen LogP contribution in [0, 0.1) is 0 Å². The topological polar surface area (TPSA) is 44.7 Å². The Labute approximate surface area is 172 Å². The van der Waals surface area contributed by atoms with Crippen molar-refractivity contribution in [3.05, 3.63) is 57.8 Å². The molecule has 1 fully saturated rings. The number of aliphatic imine (C=N–C) groups is 1. The summed E-state index contributed by atoms with van der Waals surface area (Å²) >= 11 is 1.68. The normalized spacial score (nSPS) is 16.1. The average molecular weight is 396 g/mol. The molecule has 5 heteroatoms. The molecule has 0 unspecified atom stereocenters. The second-order valence-electron chi connectivity index (χ2n) is 7.18. The molecule has 1 saturated heterocycles. The second kappa shape index (κ2) is 9.80. The Bertz CT molecular complexity index is 847. The standard InChI is InChI=1S/C23H29N3OS/c1-4-17-14-19(6-7-20(17)16-27)18-8-11-26(12-9-18)15-23(24-3)25-21-10-13-28-22(21)5-2/h5-7,10,13-14,16,18H,2,4,8-9,11-12,15H2,1,3H3,(H,24,25). The van der Waals surface area contributed by atoms with Gasteiger partial charge in [0.2, 0.25) is 0 Å². The van der Waals surface area contributed by atoms with Crippen LogP contribution in [0.25, 0.3) is 6.08 Å². The summed E-state index contributed by atoms with van der Waals surface area (Å²) in [6, 6.07) is 8.43. The van der Waals surface area contributed by atoms with Gasteiger partial charge in [-0.15, -0.1) is 11.3 Å². The van der Waals surface area contributed by atoms with Gasteiger partial charge in [0.1, 0.15) is 12.1 Å². The van der Waals surface area contributed by atoms with E-state index in [9.17, 15) is 4.79 Å². The highest BCUT2D eigenvalue weighted by atomic mass is 32.1. The molecule has 3 rings (SSSR count). The fraction of sp³-hybridized carbons (Fsp3) is 0.391. The van der Waals surface area contributed by atoms with Crippen LogP contribution in [0.4, 0.5) is 5.69 Å². The van der Waals surface area contributed by atoms with Crippen LogP contribution < -0.4 is 5.32 Å². The van der Waals surface area contributed by atoms with E-state index in [1.807, 2.05) is 19.2 Å². The number of nitrogens with one attached hydrogen (secondary N) is 1. The van der Waals surface area contributed by atoms with Crippen LogP contribution in [0.15, 0.2) is 41.2 Å². The van der Waals surface area contributed by atoms with Crippen LogP contribution in [0.5, 0.6) is 0 Å². The molecule has 2 heterocycles. The minimum atomic E-state index is 0.571. The van der Waals surface area contributed by atoms with Crippen LogP contribution >= 0.6 is 11.3 Å².